The van der Waals surface area contributed by atoms with Gasteiger partial charge in [0.15, 0.2) is 5.75 Å². The Morgan fingerprint density at radius 3 is 2.87 bits per heavy atom. The van der Waals surface area contributed by atoms with Gasteiger partial charge in [0, 0.05) is 53.7 Å². The van der Waals surface area contributed by atoms with Crippen LogP contribution in [0, 0.1) is 40.3 Å². The third-order valence-corrected chi connectivity index (χ3v) is 10.7. The molecule has 13 heteroatoms. The Balaban J connectivity index is 1.17. The maximum atomic E-state index is 16.0. The lowest BCUT2D eigenvalue weighted by Crippen LogP contribution is -2.43. The lowest BCUT2D eigenvalue weighted by molar-refractivity contribution is 0.0677. The second-order valence-electron chi connectivity index (χ2n) is 12.1. The first-order valence-electron chi connectivity index (χ1n) is 15.2. The van der Waals surface area contributed by atoms with Crippen LogP contribution in [0.5, 0.6) is 5.75 Å². The van der Waals surface area contributed by atoms with Crippen LogP contribution in [-0.2, 0) is 0 Å². The third-order valence-electron chi connectivity index (χ3n) is 9.39. The minimum atomic E-state index is -0.695. The number of amides is 2. The number of imidazole rings is 1. The fraction of sp³-hybridized carbons (Fsp3) is 0.364. The highest BCUT2D eigenvalue weighted by Gasteiger charge is 2.41. The van der Waals surface area contributed by atoms with E-state index in [-0.39, 0.29) is 63.8 Å². The number of fused-ring (bicyclic) bond motifs is 4. The summed E-state index contributed by atoms with van der Waals surface area (Å²) < 4.78 is 24.1. The summed E-state index contributed by atoms with van der Waals surface area (Å²) >= 11 is 8.11. The molecular formula is C33H29ClFN7O3S. The number of carbonyl (C=O) groups excluding carboxylic acids is 2. The molecule has 2 amide bonds. The first-order valence-corrected chi connectivity index (χ1v) is 16.4. The number of hydrogen-bond donors (Lipinski definition) is 1. The van der Waals surface area contributed by atoms with Crippen molar-refractivity contribution in [3.63, 3.8) is 0 Å². The first-order chi connectivity index (χ1) is 22.3. The molecule has 10 nitrogen and oxygen atoms in total. The largest absolute Gasteiger partial charge is 0.491 e. The van der Waals surface area contributed by atoms with Crippen LogP contribution < -0.4 is 10.5 Å². The molecule has 46 heavy (non-hydrogen) atoms. The van der Waals surface area contributed by atoms with Gasteiger partial charge >= 0.3 is 6.03 Å². The molecule has 2 aromatic heterocycles. The number of likely N-dealkylation sites (tertiary alicyclic amines) is 1. The number of nitrogens with two attached hydrogens (primary N) is 1. The Hall–Kier alpha value is -4.65. The van der Waals surface area contributed by atoms with E-state index in [2.05, 4.69) is 11.1 Å². The molecule has 3 unspecified atom stereocenters. The fourth-order valence-corrected chi connectivity index (χ4v) is 8.62. The standard InChI is InChI=1S/C33H29ClFN7O3S/c34-29-28(21-3-1-4-25-27(21)23(14-36)31(38)46-25)24(35)13-22-30(29)45-10-2-8-40(32(22)43)16-18-5-6-19-12-20(11-18)42(17-19)33(44)41-9-7-39-26(41)15-37/h1,3-4,7,9,13,18-20H,2,5-6,8,10-12,16-17,38H2. The molecule has 2 fully saturated rings. The van der Waals surface area contributed by atoms with E-state index in [9.17, 15) is 20.1 Å². The molecule has 2 N–H and O–H groups in total. The molecular weight excluding hydrogens is 629 g/mol. The minimum absolute atomic E-state index is 0.0129. The summed E-state index contributed by atoms with van der Waals surface area (Å²) in [6.45, 7) is 1.81. The number of hydrogen-bond acceptors (Lipinski definition) is 8. The number of thiophene rings is 1. The smallest absolute Gasteiger partial charge is 0.330 e. The molecule has 3 aliphatic rings. The van der Waals surface area contributed by atoms with Crippen molar-refractivity contribution < 1.29 is 18.7 Å². The number of rotatable bonds is 3. The highest BCUT2D eigenvalue weighted by Crippen LogP contribution is 2.46. The monoisotopic (exact) mass is 657 g/mol. The van der Waals surface area contributed by atoms with E-state index in [0.29, 0.717) is 47.9 Å². The first kappa shape index (κ1) is 30.0. The summed E-state index contributed by atoms with van der Waals surface area (Å²) in [6, 6.07) is 10.3. The van der Waals surface area contributed by atoms with Crippen LogP contribution in [0.1, 0.15) is 53.8 Å². The van der Waals surface area contributed by atoms with Crippen molar-refractivity contribution in [1.82, 2.24) is 19.4 Å². The number of anilines is 1. The van der Waals surface area contributed by atoms with E-state index < -0.39 is 5.82 Å². The van der Waals surface area contributed by atoms with Crippen LogP contribution in [-0.4, -0.2) is 63.6 Å². The van der Waals surface area contributed by atoms with Crippen LogP contribution in [0.4, 0.5) is 14.2 Å². The van der Waals surface area contributed by atoms with Crippen molar-refractivity contribution >= 4 is 50.0 Å². The molecule has 1 saturated carbocycles. The average Bonchev–Trinajstić information content (AvgIpc) is 3.72. The predicted molar refractivity (Wildman–Crippen MR) is 171 cm³/mol. The van der Waals surface area contributed by atoms with Crippen molar-refractivity contribution in [3.8, 4) is 29.0 Å². The number of halogens is 2. The molecule has 0 radical (unpaired) electrons. The van der Waals surface area contributed by atoms with Gasteiger partial charge in [-0.2, -0.15) is 10.5 Å². The second kappa shape index (κ2) is 11.9. The summed E-state index contributed by atoms with van der Waals surface area (Å²) in [5.74, 6) is -0.402. The van der Waals surface area contributed by atoms with Gasteiger partial charge in [0.05, 0.1) is 22.8 Å². The van der Waals surface area contributed by atoms with Crippen molar-refractivity contribution in [2.45, 2.75) is 38.1 Å². The van der Waals surface area contributed by atoms with Gasteiger partial charge in [-0.15, -0.1) is 11.3 Å². The van der Waals surface area contributed by atoms with Gasteiger partial charge in [-0.25, -0.2) is 18.7 Å². The van der Waals surface area contributed by atoms with Gasteiger partial charge in [-0.1, -0.05) is 23.7 Å². The van der Waals surface area contributed by atoms with E-state index in [1.165, 1.54) is 34.4 Å². The molecule has 4 aromatic rings. The number of nitrogen functional groups attached to an aromatic ring is 1. The molecule has 4 heterocycles. The van der Waals surface area contributed by atoms with Gasteiger partial charge in [-0.05, 0) is 61.6 Å². The lowest BCUT2D eigenvalue weighted by Gasteiger charge is -2.33. The van der Waals surface area contributed by atoms with Crippen molar-refractivity contribution in [2.24, 2.45) is 11.8 Å². The zero-order chi connectivity index (χ0) is 32.1. The molecule has 3 atom stereocenters. The predicted octanol–water partition coefficient (Wildman–Crippen LogP) is 6.27. The topological polar surface area (TPSA) is 141 Å². The highest BCUT2D eigenvalue weighted by molar-refractivity contribution is 7.23. The number of aromatic nitrogens is 2. The zero-order valence-corrected chi connectivity index (χ0v) is 26.3. The van der Waals surface area contributed by atoms with Gasteiger partial charge < -0.3 is 20.3 Å². The summed E-state index contributed by atoms with van der Waals surface area (Å²) in [6.07, 6.45) is 6.95. The molecule has 2 bridgehead atoms. The van der Waals surface area contributed by atoms with E-state index in [4.69, 9.17) is 22.1 Å². The number of nitrogens with zero attached hydrogens (tertiary/aromatic N) is 6. The van der Waals surface area contributed by atoms with Crippen molar-refractivity contribution in [3.05, 3.63) is 64.5 Å². The molecule has 234 valence electrons. The van der Waals surface area contributed by atoms with Crippen LogP contribution in [0.3, 0.4) is 0 Å². The third kappa shape index (κ3) is 5.02. The van der Waals surface area contributed by atoms with E-state index in [0.717, 1.165) is 30.4 Å². The van der Waals surface area contributed by atoms with Gasteiger partial charge in [0.1, 0.15) is 23.0 Å². The highest BCUT2D eigenvalue weighted by atomic mass is 35.5. The molecule has 7 rings (SSSR count). The van der Waals surface area contributed by atoms with Crippen LogP contribution in [0.15, 0.2) is 36.7 Å². The quantitative estimate of drug-likeness (QED) is 0.274. The van der Waals surface area contributed by atoms with Crippen LogP contribution >= 0.6 is 22.9 Å². The fourth-order valence-electron chi connectivity index (χ4n) is 7.32. The van der Waals surface area contributed by atoms with E-state index in [1.807, 2.05) is 17.0 Å². The average molecular weight is 658 g/mol. The number of nitriles is 2. The van der Waals surface area contributed by atoms with Crippen LogP contribution in [0.25, 0.3) is 21.2 Å². The molecule has 2 aliphatic heterocycles. The van der Waals surface area contributed by atoms with E-state index >= 15 is 4.39 Å². The summed E-state index contributed by atoms with van der Waals surface area (Å²) in [4.78, 5) is 35.0. The number of ether oxygens (including phenoxy) is 1. The van der Waals surface area contributed by atoms with Crippen LogP contribution in [0.2, 0.25) is 5.02 Å². The molecule has 1 aliphatic carbocycles. The van der Waals surface area contributed by atoms with E-state index in [1.54, 1.807) is 17.0 Å². The van der Waals surface area contributed by atoms with Gasteiger partial charge in [0.2, 0.25) is 5.82 Å². The zero-order valence-electron chi connectivity index (χ0n) is 24.7. The lowest BCUT2D eigenvalue weighted by atomic mass is 9.94. The van der Waals surface area contributed by atoms with Gasteiger partial charge in [-0.3, -0.25) is 4.79 Å². The van der Waals surface area contributed by atoms with Crippen molar-refractivity contribution in [2.75, 3.05) is 32.0 Å². The maximum absolute atomic E-state index is 16.0. The Kier molecular flexibility index (Phi) is 7.79. The minimum Gasteiger partial charge on any atom is -0.491 e. The van der Waals surface area contributed by atoms with Gasteiger partial charge in [0.25, 0.3) is 5.91 Å². The SMILES string of the molecule is N#Cc1c(N)sc2cccc(-c3c(F)cc4c(c3Cl)OCCCN(CC3CCC5CC(C3)N(C(=O)n3ccnc3C#N)C5)C4=O)c12. The Bertz CT molecular complexity index is 1980. The Morgan fingerprint density at radius 2 is 2.07 bits per heavy atom. The summed E-state index contributed by atoms with van der Waals surface area (Å²) in [5.41, 5.74) is 6.87. The van der Waals surface area contributed by atoms with Crippen molar-refractivity contribution in [1.29, 1.82) is 10.5 Å². The number of benzene rings is 2. The Labute approximate surface area is 273 Å². The Morgan fingerprint density at radius 1 is 1.22 bits per heavy atom. The molecule has 0 spiro atoms. The molecule has 2 aromatic carbocycles. The normalized spacial score (nSPS) is 21.1. The second-order valence-corrected chi connectivity index (χ2v) is 13.6. The summed E-state index contributed by atoms with van der Waals surface area (Å²) in [5, 5.41) is 20.0. The maximum Gasteiger partial charge on any atom is 0.330 e. The number of carbonyl (C=O) groups is 2. The molecule has 1 saturated heterocycles. The summed E-state index contributed by atoms with van der Waals surface area (Å²) in [7, 11) is 0.